The third-order valence-corrected chi connectivity index (χ3v) is 2.95. The lowest BCUT2D eigenvalue weighted by molar-refractivity contribution is 0.0929. The number of H-pyrrole nitrogens is 1. The maximum atomic E-state index is 13.1. The summed E-state index contributed by atoms with van der Waals surface area (Å²) < 4.78 is 13.1. The average molecular weight is 276 g/mol. The van der Waals surface area contributed by atoms with E-state index in [1.165, 1.54) is 12.1 Å². The molecule has 0 aliphatic rings. The highest BCUT2D eigenvalue weighted by atomic mass is 19.1. The van der Waals surface area contributed by atoms with Crippen LogP contribution in [0.5, 0.6) is 0 Å². The summed E-state index contributed by atoms with van der Waals surface area (Å²) >= 11 is 0. The van der Waals surface area contributed by atoms with Gasteiger partial charge in [0, 0.05) is 5.92 Å². The van der Waals surface area contributed by atoms with Crippen LogP contribution in [0.2, 0.25) is 0 Å². The summed E-state index contributed by atoms with van der Waals surface area (Å²) in [6, 6.07) is 5.80. The van der Waals surface area contributed by atoms with Crippen LogP contribution in [0.1, 0.15) is 54.7 Å². The van der Waals surface area contributed by atoms with E-state index in [-0.39, 0.29) is 29.5 Å². The van der Waals surface area contributed by atoms with E-state index < -0.39 is 0 Å². The van der Waals surface area contributed by atoms with Crippen molar-refractivity contribution >= 4 is 5.91 Å². The summed E-state index contributed by atoms with van der Waals surface area (Å²) in [6.07, 6.45) is 0. The Kier molecular flexibility index (Phi) is 4.12. The van der Waals surface area contributed by atoms with Crippen LogP contribution in [0.3, 0.4) is 0 Å². The minimum absolute atomic E-state index is 0.0944. The number of rotatable bonds is 4. The zero-order chi connectivity index (χ0) is 14.7. The van der Waals surface area contributed by atoms with E-state index in [1.54, 1.807) is 19.1 Å². The molecule has 0 aliphatic carbocycles. The fourth-order valence-electron chi connectivity index (χ4n) is 1.75. The van der Waals surface area contributed by atoms with E-state index in [0.717, 1.165) is 0 Å². The third-order valence-electron chi connectivity index (χ3n) is 2.95. The fourth-order valence-corrected chi connectivity index (χ4v) is 1.75. The first-order chi connectivity index (χ1) is 9.47. The Morgan fingerprint density at radius 3 is 2.70 bits per heavy atom. The van der Waals surface area contributed by atoms with Gasteiger partial charge in [0.1, 0.15) is 11.6 Å². The summed E-state index contributed by atoms with van der Waals surface area (Å²) in [5, 5.41) is 9.35. The summed E-state index contributed by atoms with van der Waals surface area (Å²) in [5.41, 5.74) is 0.693. The van der Waals surface area contributed by atoms with Crippen molar-refractivity contribution in [1.29, 1.82) is 0 Å². The van der Waals surface area contributed by atoms with Gasteiger partial charge in [-0.15, -0.1) is 5.10 Å². The normalized spacial score (nSPS) is 12.4. The van der Waals surface area contributed by atoms with Gasteiger partial charge in [-0.1, -0.05) is 26.0 Å². The van der Waals surface area contributed by atoms with E-state index >= 15 is 0 Å². The molecule has 106 valence electrons. The summed E-state index contributed by atoms with van der Waals surface area (Å²) in [5.74, 6) is 0.212. The Labute approximate surface area is 116 Å². The number of aromatic amines is 1. The number of carbonyl (C=O) groups is 1. The van der Waals surface area contributed by atoms with Crippen LogP contribution in [0.4, 0.5) is 4.39 Å². The van der Waals surface area contributed by atoms with E-state index in [2.05, 4.69) is 20.5 Å². The van der Waals surface area contributed by atoms with Gasteiger partial charge in [0.25, 0.3) is 5.91 Å². The molecule has 1 atom stereocenters. The molecule has 5 nitrogen and oxygen atoms in total. The Bertz CT molecular complexity index is 609. The van der Waals surface area contributed by atoms with Crippen LogP contribution in [0.25, 0.3) is 0 Å². The molecule has 20 heavy (non-hydrogen) atoms. The second-order valence-corrected chi connectivity index (χ2v) is 4.95. The number of hydrogen-bond donors (Lipinski definition) is 2. The van der Waals surface area contributed by atoms with Crippen molar-refractivity contribution in [3.63, 3.8) is 0 Å². The Hall–Kier alpha value is -2.24. The summed E-state index contributed by atoms with van der Waals surface area (Å²) in [7, 11) is 0. The first kappa shape index (κ1) is 14.2. The van der Waals surface area contributed by atoms with Gasteiger partial charge in [0.2, 0.25) is 5.82 Å². The van der Waals surface area contributed by atoms with Crippen LogP contribution in [-0.2, 0) is 0 Å². The van der Waals surface area contributed by atoms with Gasteiger partial charge in [0.15, 0.2) is 0 Å². The second kappa shape index (κ2) is 5.81. The summed E-state index contributed by atoms with van der Waals surface area (Å²) in [4.78, 5) is 16.1. The zero-order valence-corrected chi connectivity index (χ0v) is 11.6. The van der Waals surface area contributed by atoms with Gasteiger partial charge in [-0.25, -0.2) is 9.37 Å². The molecule has 2 N–H and O–H groups in total. The molecule has 6 heteroatoms. The number of benzene rings is 1. The quantitative estimate of drug-likeness (QED) is 0.901. The molecular formula is C14H17FN4O. The topological polar surface area (TPSA) is 70.7 Å². The SMILES string of the molecule is CC(C)c1nc(C(=O)NC(C)c2cccc(F)c2)n[nH]1. The molecule has 0 spiro atoms. The van der Waals surface area contributed by atoms with Gasteiger partial charge < -0.3 is 5.32 Å². The van der Waals surface area contributed by atoms with Crippen LogP contribution in [0, 0.1) is 5.82 Å². The van der Waals surface area contributed by atoms with Gasteiger partial charge >= 0.3 is 0 Å². The molecule has 1 aromatic carbocycles. The highest BCUT2D eigenvalue weighted by molar-refractivity contribution is 5.90. The molecule has 0 saturated heterocycles. The minimum atomic E-state index is -0.384. The van der Waals surface area contributed by atoms with Crippen LogP contribution < -0.4 is 5.32 Å². The number of aromatic nitrogens is 3. The molecule has 1 amide bonds. The molecule has 2 rings (SSSR count). The third kappa shape index (κ3) is 3.20. The van der Waals surface area contributed by atoms with E-state index in [4.69, 9.17) is 0 Å². The molecule has 0 saturated carbocycles. The van der Waals surface area contributed by atoms with E-state index in [9.17, 15) is 9.18 Å². The maximum absolute atomic E-state index is 13.1. The van der Waals surface area contributed by atoms with Crippen LogP contribution >= 0.6 is 0 Å². The van der Waals surface area contributed by atoms with Crippen molar-refractivity contribution in [3.8, 4) is 0 Å². The molecule has 0 fully saturated rings. The van der Waals surface area contributed by atoms with Crippen LogP contribution in [-0.4, -0.2) is 21.1 Å². The van der Waals surface area contributed by atoms with Crippen molar-refractivity contribution in [3.05, 3.63) is 47.3 Å². The number of carbonyl (C=O) groups excluding carboxylic acids is 1. The highest BCUT2D eigenvalue weighted by Gasteiger charge is 2.17. The summed E-state index contributed by atoms with van der Waals surface area (Å²) in [6.45, 7) is 5.69. The van der Waals surface area contributed by atoms with Crippen LogP contribution in [0.15, 0.2) is 24.3 Å². The van der Waals surface area contributed by atoms with Crippen molar-refractivity contribution in [1.82, 2.24) is 20.5 Å². The van der Waals surface area contributed by atoms with Gasteiger partial charge in [-0.3, -0.25) is 9.89 Å². The van der Waals surface area contributed by atoms with Gasteiger partial charge in [-0.2, -0.15) is 0 Å². The molecule has 0 radical (unpaired) electrons. The number of hydrogen-bond acceptors (Lipinski definition) is 3. The van der Waals surface area contributed by atoms with E-state index in [0.29, 0.717) is 11.4 Å². The Morgan fingerprint density at radius 1 is 1.35 bits per heavy atom. The smallest absolute Gasteiger partial charge is 0.291 e. The predicted molar refractivity (Wildman–Crippen MR) is 72.8 cm³/mol. The van der Waals surface area contributed by atoms with Crippen molar-refractivity contribution in [2.24, 2.45) is 0 Å². The molecule has 1 aromatic heterocycles. The second-order valence-electron chi connectivity index (χ2n) is 4.95. The maximum Gasteiger partial charge on any atom is 0.291 e. The largest absolute Gasteiger partial charge is 0.343 e. The number of nitrogens with one attached hydrogen (secondary N) is 2. The van der Waals surface area contributed by atoms with Gasteiger partial charge in [-0.05, 0) is 24.6 Å². The average Bonchev–Trinajstić information content (AvgIpc) is 2.88. The van der Waals surface area contributed by atoms with Crippen molar-refractivity contribution < 1.29 is 9.18 Å². The van der Waals surface area contributed by atoms with Crippen molar-refractivity contribution in [2.45, 2.75) is 32.7 Å². The zero-order valence-electron chi connectivity index (χ0n) is 11.6. The standard InChI is InChI=1S/C14H17FN4O/c1-8(2)12-17-13(19-18-12)14(20)16-9(3)10-5-4-6-11(15)7-10/h4-9H,1-3H3,(H,16,20)(H,17,18,19). The predicted octanol–water partition coefficient (Wildman–Crippen LogP) is 2.56. The Balaban J connectivity index is 2.07. The van der Waals surface area contributed by atoms with Crippen molar-refractivity contribution in [2.75, 3.05) is 0 Å². The minimum Gasteiger partial charge on any atom is -0.343 e. The lowest BCUT2D eigenvalue weighted by atomic mass is 10.1. The molecule has 0 bridgehead atoms. The highest BCUT2D eigenvalue weighted by Crippen LogP contribution is 2.14. The lowest BCUT2D eigenvalue weighted by Crippen LogP contribution is -2.27. The van der Waals surface area contributed by atoms with Gasteiger partial charge in [0.05, 0.1) is 6.04 Å². The first-order valence-electron chi connectivity index (χ1n) is 6.46. The molecular weight excluding hydrogens is 259 g/mol. The number of nitrogens with zero attached hydrogens (tertiary/aromatic N) is 2. The molecule has 2 aromatic rings. The Morgan fingerprint density at radius 2 is 2.10 bits per heavy atom. The first-order valence-corrected chi connectivity index (χ1v) is 6.46. The fraction of sp³-hybridized carbons (Fsp3) is 0.357. The van der Waals surface area contributed by atoms with E-state index in [1.807, 2.05) is 13.8 Å². The molecule has 0 aliphatic heterocycles. The lowest BCUT2D eigenvalue weighted by Gasteiger charge is -2.12. The number of amides is 1. The monoisotopic (exact) mass is 276 g/mol. The number of halogens is 1. The molecule has 1 unspecified atom stereocenters. The molecule has 1 heterocycles.